The zero-order valence-corrected chi connectivity index (χ0v) is 8.37. The van der Waals surface area contributed by atoms with Gasteiger partial charge in [-0.3, -0.25) is 4.99 Å². The zero-order chi connectivity index (χ0) is 9.97. The fraction of sp³-hybridized carbons (Fsp3) is 0.222. The maximum atomic E-state index is 8.90. The van der Waals surface area contributed by atoms with Gasteiger partial charge in [-0.1, -0.05) is 24.3 Å². The Morgan fingerprint density at radius 1 is 1.21 bits per heavy atom. The molecule has 2 N–H and O–H groups in total. The summed E-state index contributed by atoms with van der Waals surface area (Å²) in [5, 5.41) is 18.8. The summed E-state index contributed by atoms with van der Waals surface area (Å²) < 4.78 is 0. The fourth-order valence-electron chi connectivity index (χ4n) is 1.31. The maximum Gasteiger partial charge on any atom is 0.488 e. The molecule has 1 aromatic carbocycles. The lowest BCUT2D eigenvalue weighted by atomic mass is 9.80. The third-order valence-corrected chi connectivity index (χ3v) is 3.07. The molecule has 0 fully saturated rings. The third kappa shape index (κ3) is 2.00. The number of benzene rings is 1. The maximum absolute atomic E-state index is 8.90. The lowest BCUT2D eigenvalue weighted by Gasteiger charge is -2.02. The molecule has 0 aromatic heterocycles. The molecule has 1 aliphatic rings. The van der Waals surface area contributed by atoms with Crippen molar-refractivity contribution >= 4 is 29.4 Å². The first kappa shape index (κ1) is 9.77. The van der Waals surface area contributed by atoms with E-state index in [-0.39, 0.29) is 0 Å². The van der Waals surface area contributed by atoms with E-state index in [0.717, 1.165) is 22.9 Å². The lowest BCUT2D eigenvalue weighted by molar-refractivity contribution is 0.426. The SMILES string of the molecule is OB(O)c1ccc(C2=NCCS2)cc1. The Hall–Kier alpha value is -0.775. The topological polar surface area (TPSA) is 52.8 Å². The van der Waals surface area contributed by atoms with Crippen LogP contribution in [-0.4, -0.2) is 34.5 Å². The lowest BCUT2D eigenvalue weighted by Crippen LogP contribution is -2.29. The minimum atomic E-state index is -1.39. The fourth-order valence-corrected chi connectivity index (χ4v) is 2.17. The van der Waals surface area contributed by atoms with Crippen molar-refractivity contribution in [1.29, 1.82) is 0 Å². The first-order chi connectivity index (χ1) is 6.77. The van der Waals surface area contributed by atoms with Gasteiger partial charge in [0, 0.05) is 17.9 Å². The molecule has 0 saturated heterocycles. The van der Waals surface area contributed by atoms with Crippen LogP contribution in [-0.2, 0) is 0 Å². The molecule has 0 atom stereocenters. The van der Waals surface area contributed by atoms with Crippen molar-refractivity contribution in [2.75, 3.05) is 12.3 Å². The summed E-state index contributed by atoms with van der Waals surface area (Å²) in [7, 11) is -1.39. The summed E-state index contributed by atoms with van der Waals surface area (Å²) in [6, 6.07) is 7.15. The number of rotatable bonds is 2. The summed E-state index contributed by atoms with van der Waals surface area (Å²) in [4.78, 5) is 4.34. The predicted molar refractivity (Wildman–Crippen MR) is 60.1 cm³/mol. The highest BCUT2D eigenvalue weighted by Crippen LogP contribution is 2.18. The van der Waals surface area contributed by atoms with Gasteiger partial charge in [0.1, 0.15) is 0 Å². The first-order valence-electron chi connectivity index (χ1n) is 4.41. The van der Waals surface area contributed by atoms with Crippen LogP contribution in [0.3, 0.4) is 0 Å². The predicted octanol–water partition coefficient (Wildman–Crippen LogP) is -0.140. The molecule has 5 heteroatoms. The van der Waals surface area contributed by atoms with Crippen LogP contribution < -0.4 is 5.46 Å². The molecule has 0 unspecified atom stereocenters. The third-order valence-electron chi connectivity index (χ3n) is 2.04. The number of thioether (sulfide) groups is 1. The normalized spacial score (nSPS) is 15.4. The molecule has 1 aliphatic heterocycles. The molecule has 72 valence electrons. The molecular weight excluding hydrogens is 197 g/mol. The molecule has 0 amide bonds. The first-order valence-corrected chi connectivity index (χ1v) is 5.39. The summed E-state index contributed by atoms with van der Waals surface area (Å²) in [5.74, 6) is 1.04. The number of nitrogens with zero attached hydrogens (tertiary/aromatic N) is 1. The minimum Gasteiger partial charge on any atom is -0.423 e. The molecule has 0 spiro atoms. The van der Waals surface area contributed by atoms with Crippen LogP contribution in [0.15, 0.2) is 29.3 Å². The molecule has 0 radical (unpaired) electrons. The van der Waals surface area contributed by atoms with Crippen molar-refractivity contribution in [3.8, 4) is 0 Å². The van der Waals surface area contributed by atoms with Crippen LogP contribution >= 0.6 is 11.8 Å². The van der Waals surface area contributed by atoms with Gasteiger partial charge in [-0.25, -0.2) is 0 Å². The minimum absolute atomic E-state index is 0.511. The summed E-state index contributed by atoms with van der Waals surface area (Å²) in [6.07, 6.45) is 0. The second-order valence-corrected chi connectivity index (χ2v) is 4.11. The van der Waals surface area contributed by atoms with E-state index < -0.39 is 7.12 Å². The van der Waals surface area contributed by atoms with Gasteiger partial charge in [-0.15, -0.1) is 11.8 Å². The van der Waals surface area contributed by atoms with Crippen LogP contribution in [0, 0.1) is 0 Å². The van der Waals surface area contributed by atoms with Gasteiger partial charge in [0.05, 0.1) is 5.04 Å². The number of aliphatic imine (C=N–C) groups is 1. The van der Waals surface area contributed by atoms with Crippen molar-refractivity contribution in [3.05, 3.63) is 29.8 Å². The molecular formula is C9H10BNO2S. The highest BCUT2D eigenvalue weighted by atomic mass is 32.2. The van der Waals surface area contributed by atoms with E-state index in [1.165, 1.54) is 0 Å². The van der Waals surface area contributed by atoms with Gasteiger partial charge < -0.3 is 10.0 Å². The van der Waals surface area contributed by atoms with Crippen molar-refractivity contribution in [3.63, 3.8) is 0 Å². The Morgan fingerprint density at radius 3 is 2.43 bits per heavy atom. The van der Waals surface area contributed by atoms with E-state index in [1.807, 2.05) is 12.1 Å². The summed E-state index contributed by atoms with van der Waals surface area (Å²) in [5.41, 5.74) is 1.56. The van der Waals surface area contributed by atoms with Crippen molar-refractivity contribution in [2.45, 2.75) is 0 Å². The van der Waals surface area contributed by atoms with Crippen molar-refractivity contribution < 1.29 is 10.0 Å². The molecule has 0 saturated carbocycles. The molecule has 3 nitrogen and oxygen atoms in total. The van der Waals surface area contributed by atoms with E-state index in [9.17, 15) is 0 Å². The van der Waals surface area contributed by atoms with Gasteiger partial charge in [-0.2, -0.15) is 0 Å². The van der Waals surface area contributed by atoms with E-state index >= 15 is 0 Å². The van der Waals surface area contributed by atoms with Crippen LogP contribution in [0.25, 0.3) is 0 Å². The van der Waals surface area contributed by atoms with Gasteiger partial charge >= 0.3 is 7.12 Å². The zero-order valence-electron chi connectivity index (χ0n) is 7.55. The molecule has 1 aromatic rings. The molecule has 0 aliphatic carbocycles. The molecule has 1 heterocycles. The number of hydrogen-bond donors (Lipinski definition) is 2. The van der Waals surface area contributed by atoms with E-state index in [1.54, 1.807) is 23.9 Å². The van der Waals surface area contributed by atoms with Gasteiger partial charge in [0.2, 0.25) is 0 Å². The highest BCUT2D eigenvalue weighted by molar-refractivity contribution is 8.14. The van der Waals surface area contributed by atoms with Crippen LogP contribution in [0.2, 0.25) is 0 Å². The monoisotopic (exact) mass is 207 g/mol. The smallest absolute Gasteiger partial charge is 0.423 e. The van der Waals surface area contributed by atoms with Gasteiger partial charge in [0.25, 0.3) is 0 Å². The Labute approximate surface area is 87.0 Å². The Morgan fingerprint density at radius 2 is 1.93 bits per heavy atom. The average Bonchev–Trinajstić information content (AvgIpc) is 2.71. The van der Waals surface area contributed by atoms with Crippen molar-refractivity contribution in [2.24, 2.45) is 4.99 Å². The highest BCUT2D eigenvalue weighted by Gasteiger charge is 2.13. The Balaban J connectivity index is 2.21. The average molecular weight is 207 g/mol. The summed E-state index contributed by atoms with van der Waals surface area (Å²) >= 11 is 1.73. The second kappa shape index (κ2) is 4.17. The van der Waals surface area contributed by atoms with Crippen LogP contribution in [0.5, 0.6) is 0 Å². The van der Waals surface area contributed by atoms with Crippen LogP contribution in [0.4, 0.5) is 0 Å². The Kier molecular flexibility index (Phi) is 2.91. The van der Waals surface area contributed by atoms with Gasteiger partial charge in [-0.05, 0) is 5.46 Å². The standard InChI is InChI=1S/C9H10BNO2S/c12-10(13)8-3-1-7(2-4-8)9-11-5-6-14-9/h1-4,12-13H,5-6H2. The largest absolute Gasteiger partial charge is 0.488 e. The second-order valence-electron chi connectivity index (χ2n) is 3.03. The van der Waals surface area contributed by atoms with E-state index in [2.05, 4.69) is 4.99 Å². The summed E-state index contributed by atoms with van der Waals surface area (Å²) in [6.45, 7) is 0.879. The van der Waals surface area contributed by atoms with Crippen molar-refractivity contribution in [1.82, 2.24) is 0 Å². The Bertz CT molecular complexity index is 350. The van der Waals surface area contributed by atoms with E-state index in [0.29, 0.717) is 5.46 Å². The molecule has 2 rings (SSSR count). The van der Waals surface area contributed by atoms with Gasteiger partial charge in [0.15, 0.2) is 0 Å². The van der Waals surface area contributed by atoms with Crippen LogP contribution in [0.1, 0.15) is 5.56 Å². The van der Waals surface area contributed by atoms with E-state index in [4.69, 9.17) is 10.0 Å². The molecule has 0 bridgehead atoms. The quantitative estimate of drug-likeness (QED) is 0.663. The number of hydrogen-bond acceptors (Lipinski definition) is 4. The molecule has 14 heavy (non-hydrogen) atoms.